The topological polar surface area (TPSA) is 126 Å². The number of anilines is 1. The van der Waals surface area contributed by atoms with Gasteiger partial charge in [-0.1, -0.05) is 11.6 Å². The molecule has 0 spiro atoms. The second kappa shape index (κ2) is 9.07. The number of halogens is 1. The molecule has 10 nitrogen and oxygen atoms in total. The number of carbonyl (C=O) groups excluding carboxylic acids is 1. The molecule has 1 aliphatic heterocycles. The van der Waals surface area contributed by atoms with Gasteiger partial charge in [0.15, 0.2) is 5.82 Å². The van der Waals surface area contributed by atoms with E-state index in [0.717, 1.165) is 18.8 Å². The summed E-state index contributed by atoms with van der Waals surface area (Å²) in [5.74, 6) is 0.401. The summed E-state index contributed by atoms with van der Waals surface area (Å²) in [7, 11) is 0. The fourth-order valence-corrected chi connectivity index (χ4v) is 3.04. The van der Waals surface area contributed by atoms with Crippen LogP contribution in [0.1, 0.15) is 26.5 Å². The van der Waals surface area contributed by atoms with Gasteiger partial charge in [0.25, 0.3) is 6.47 Å². The SMILES string of the molecule is CC(C)(C)OC(=O)N1CCN(Cc2c(Cl)cc3c(N)ncnn23)CC1.O=CO. The van der Waals surface area contributed by atoms with Crippen LogP contribution in [0.3, 0.4) is 0 Å². The monoisotopic (exact) mass is 412 g/mol. The summed E-state index contributed by atoms with van der Waals surface area (Å²) in [6.07, 6.45) is 1.15. The van der Waals surface area contributed by atoms with Crippen molar-refractivity contribution >= 4 is 35.5 Å². The van der Waals surface area contributed by atoms with Gasteiger partial charge in [-0.3, -0.25) is 9.69 Å². The highest BCUT2D eigenvalue weighted by Gasteiger charge is 2.26. The third kappa shape index (κ3) is 5.46. The Balaban J connectivity index is 0.000000878. The Morgan fingerprint density at radius 3 is 2.54 bits per heavy atom. The van der Waals surface area contributed by atoms with Crippen molar-refractivity contribution < 1.29 is 19.4 Å². The zero-order valence-electron chi connectivity index (χ0n) is 16.1. The van der Waals surface area contributed by atoms with E-state index in [1.54, 1.807) is 15.5 Å². The number of nitrogen functional groups attached to an aromatic ring is 1. The van der Waals surface area contributed by atoms with Crippen molar-refractivity contribution in [1.29, 1.82) is 0 Å². The zero-order chi connectivity index (χ0) is 20.9. The first-order valence-corrected chi connectivity index (χ1v) is 9.08. The fourth-order valence-electron chi connectivity index (χ4n) is 2.80. The molecule has 1 amide bonds. The second-order valence-electron chi connectivity index (χ2n) is 7.23. The maximum atomic E-state index is 12.1. The first-order chi connectivity index (χ1) is 13.2. The Morgan fingerprint density at radius 1 is 1.36 bits per heavy atom. The molecule has 3 heterocycles. The molecule has 2 aromatic rings. The van der Waals surface area contributed by atoms with Crippen LogP contribution in [0.15, 0.2) is 12.4 Å². The first kappa shape index (κ1) is 21.7. The minimum atomic E-state index is -0.480. The number of piperazine rings is 1. The highest BCUT2D eigenvalue weighted by Crippen LogP contribution is 2.25. The third-order valence-corrected chi connectivity index (χ3v) is 4.37. The van der Waals surface area contributed by atoms with Crippen LogP contribution in [0.25, 0.3) is 5.52 Å². The summed E-state index contributed by atoms with van der Waals surface area (Å²) >= 11 is 6.36. The highest BCUT2D eigenvalue weighted by atomic mass is 35.5. The van der Waals surface area contributed by atoms with Crippen molar-refractivity contribution in [2.75, 3.05) is 31.9 Å². The van der Waals surface area contributed by atoms with E-state index in [4.69, 9.17) is 32.0 Å². The summed E-state index contributed by atoms with van der Waals surface area (Å²) < 4.78 is 7.15. The number of carbonyl (C=O) groups is 2. The first-order valence-electron chi connectivity index (χ1n) is 8.71. The Morgan fingerprint density at radius 2 is 1.96 bits per heavy atom. The number of carboxylic acid groups (broad SMARTS) is 1. The average molecular weight is 413 g/mol. The van der Waals surface area contributed by atoms with Crippen molar-refractivity contribution in [2.45, 2.75) is 32.9 Å². The van der Waals surface area contributed by atoms with Gasteiger partial charge in [-0.05, 0) is 26.8 Å². The predicted octanol–water partition coefficient (Wildman–Crippen LogP) is 1.72. The minimum absolute atomic E-state index is 0.250. The van der Waals surface area contributed by atoms with Crippen molar-refractivity contribution in [3.8, 4) is 0 Å². The van der Waals surface area contributed by atoms with Gasteiger partial charge in [0.2, 0.25) is 0 Å². The van der Waals surface area contributed by atoms with E-state index < -0.39 is 5.60 Å². The number of fused-ring (bicyclic) bond motifs is 1. The predicted molar refractivity (Wildman–Crippen MR) is 104 cm³/mol. The van der Waals surface area contributed by atoms with Gasteiger partial charge in [0, 0.05) is 32.7 Å². The lowest BCUT2D eigenvalue weighted by atomic mass is 10.2. The molecule has 3 rings (SSSR count). The van der Waals surface area contributed by atoms with Crippen LogP contribution < -0.4 is 5.73 Å². The molecule has 11 heteroatoms. The van der Waals surface area contributed by atoms with Crippen LogP contribution in [0, 0.1) is 0 Å². The normalized spacial score (nSPS) is 15.1. The van der Waals surface area contributed by atoms with Crippen LogP contribution >= 0.6 is 11.6 Å². The van der Waals surface area contributed by atoms with E-state index in [1.165, 1.54) is 6.33 Å². The number of amides is 1. The largest absolute Gasteiger partial charge is 0.483 e. The van der Waals surface area contributed by atoms with Crippen LogP contribution in [-0.2, 0) is 16.1 Å². The van der Waals surface area contributed by atoms with Crippen LogP contribution in [0.2, 0.25) is 5.02 Å². The molecule has 0 saturated carbocycles. The van der Waals surface area contributed by atoms with Gasteiger partial charge in [0.1, 0.15) is 17.4 Å². The van der Waals surface area contributed by atoms with E-state index in [2.05, 4.69) is 15.0 Å². The molecule has 3 N–H and O–H groups in total. The molecule has 0 radical (unpaired) electrons. The maximum Gasteiger partial charge on any atom is 0.410 e. The Bertz CT molecular complexity index is 827. The van der Waals surface area contributed by atoms with Crippen molar-refractivity contribution in [3.05, 3.63) is 23.1 Å². The lowest BCUT2D eigenvalue weighted by Gasteiger charge is -2.35. The lowest BCUT2D eigenvalue weighted by Crippen LogP contribution is -2.49. The van der Waals surface area contributed by atoms with Gasteiger partial charge < -0.3 is 20.5 Å². The number of hydrogen-bond donors (Lipinski definition) is 2. The average Bonchev–Trinajstić information content (AvgIpc) is 2.92. The van der Waals surface area contributed by atoms with Crippen molar-refractivity contribution in [3.63, 3.8) is 0 Å². The number of nitrogens with two attached hydrogens (primary N) is 1. The lowest BCUT2D eigenvalue weighted by molar-refractivity contribution is -0.122. The number of ether oxygens (including phenoxy) is 1. The molecule has 1 saturated heterocycles. The Hall–Kier alpha value is -2.59. The molecule has 2 aromatic heterocycles. The molecule has 0 bridgehead atoms. The van der Waals surface area contributed by atoms with Gasteiger partial charge in [-0.25, -0.2) is 14.3 Å². The van der Waals surface area contributed by atoms with E-state index >= 15 is 0 Å². The molecule has 0 unspecified atom stereocenters. The van der Waals surface area contributed by atoms with E-state index in [9.17, 15) is 4.79 Å². The van der Waals surface area contributed by atoms with Gasteiger partial charge in [0.05, 0.1) is 10.7 Å². The molecular weight excluding hydrogens is 388 g/mol. The molecule has 0 aliphatic carbocycles. The van der Waals surface area contributed by atoms with Gasteiger partial charge in [-0.2, -0.15) is 5.10 Å². The molecule has 0 aromatic carbocycles. The fraction of sp³-hybridized carbons (Fsp3) is 0.529. The zero-order valence-corrected chi connectivity index (χ0v) is 16.9. The van der Waals surface area contributed by atoms with Crippen molar-refractivity contribution in [2.24, 2.45) is 0 Å². The molecule has 1 fully saturated rings. The summed E-state index contributed by atoms with van der Waals surface area (Å²) in [5, 5.41) is 11.7. The molecular formula is C17H25ClN6O4. The van der Waals surface area contributed by atoms with E-state index in [1.807, 2.05) is 20.8 Å². The van der Waals surface area contributed by atoms with Crippen LogP contribution in [0.5, 0.6) is 0 Å². The Labute approximate surface area is 167 Å². The Kier molecular flexibility index (Phi) is 7.03. The molecule has 0 atom stereocenters. The molecule has 154 valence electrons. The van der Waals surface area contributed by atoms with Gasteiger partial charge >= 0.3 is 6.09 Å². The number of rotatable bonds is 2. The quantitative estimate of drug-likeness (QED) is 0.714. The molecule has 28 heavy (non-hydrogen) atoms. The second-order valence-corrected chi connectivity index (χ2v) is 7.64. The summed E-state index contributed by atoms with van der Waals surface area (Å²) in [6.45, 7) is 8.70. The maximum absolute atomic E-state index is 12.1. The smallest absolute Gasteiger partial charge is 0.410 e. The highest BCUT2D eigenvalue weighted by molar-refractivity contribution is 6.31. The van der Waals surface area contributed by atoms with Crippen LogP contribution in [0.4, 0.5) is 10.6 Å². The number of hydrogen-bond acceptors (Lipinski definition) is 7. The summed E-state index contributed by atoms with van der Waals surface area (Å²) in [5.41, 5.74) is 6.97. The minimum Gasteiger partial charge on any atom is -0.483 e. The molecule has 1 aliphatic rings. The van der Waals surface area contributed by atoms with Crippen molar-refractivity contribution in [1.82, 2.24) is 24.4 Å². The number of nitrogens with zero attached hydrogens (tertiary/aromatic N) is 5. The third-order valence-electron chi connectivity index (χ3n) is 4.05. The van der Waals surface area contributed by atoms with E-state index in [0.29, 0.717) is 36.0 Å². The van der Waals surface area contributed by atoms with E-state index in [-0.39, 0.29) is 12.6 Å². The standard InChI is InChI=1S/C16H23ClN6O2.CH2O2/c1-16(2,3)25-15(24)22-6-4-21(5-7-22)9-13-11(17)8-12-14(18)19-10-20-23(12)13;2-1-3/h8,10H,4-7,9H2,1-3H3,(H2,18,19,20);1H,(H,2,3). The van der Waals surface area contributed by atoms with Gasteiger partial charge in [-0.15, -0.1) is 0 Å². The summed E-state index contributed by atoms with van der Waals surface area (Å²) in [4.78, 5) is 28.4. The number of aromatic nitrogens is 3. The summed E-state index contributed by atoms with van der Waals surface area (Å²) in [6, 6.07) is 1.78. The van der Waals surface area contributed by atoms with Crippen LogP contribution in [-0.4, -0.2) is 73.8 Å².